The highest BCUT2D eigenvalue weighted by Crippen LogP contribution is 2.46. The summed E-state index contributed by atoms with van der Waals surface area (Å²) in [4.78, 5) is 11.4. The molecule has 0 aliphatic carbocycles. The van der Waals surface area contributed by atoms with Gasteiger partial charge in [0.2, 0.25) is 0 Å². The Morgan fingerprint density at radius 3 is 2.73 bits per heavy atom. The number of imidazole rings is 1. The molecule has 3 aromatic rings. The van der Waals surface area contributed by atoms with Gasteiger partial charge in [0.15, 0.2) is 11.7 Å². The molecule has 0 radical (unpaired) electrons. The summed E-state index contributed by atoms with van der Waals surface area (Å²) in [5.74, 6) is 1.55. The first-order valence-corrected chi connectivity index (χ1v) is 10.8. The van der Waals surface area contributed by atoms with Crippen LogP contribution in [0.5, 0.6) is 0 Å². The Hall–Kier alpha value is -3.82. The minimum atomic E-state index is -0.683. The first-order chi connectivity index (χ1) is 15.9. The molecule has 1 aromatic carbocycles. The van der Waals surface area contributed by atoms with Crippen LogP contribution in [0.15, 0.2) is 48.4 Å². The number of aliphatic imine (C=N–C) groups is 1. The number of halogens is 2. The van der Waals surface area contributed by atoms with Crippen LogP contribution >= 0.6 is 0 Å². The molecule has 10 heteroatoms. The number of amidine groups is 1. The maximum atomic E-state index is 13.8. The van der Waals surface area contributed by atoms with E-state index < -0.39 is 11.6 Å². The van der Waals surface area contributed by atoms with Crippen LogP contribution in [0.4, 0.5) is 8.78 Å². The van der Waals surface area contributed by atoms with Gasteiger partial charge in [-0.25, -0.2) is 18.8 Å². The van der Waals surface area contributed by atoms with Gasteiger partial charge in [0.1, 0.15) is 40.3 Å². The maximum Gasteiger partial charge on any atom is 0.163 e. The Kier molecular flexibility index (Phi) is 4.88. The van der Waals surface area contributed by atoms with Gasteiger partial charge in [-0.2, -0.15) is 0 Å². The van der Waals surface area contributed by atoms with Gasteiger partial charge in [-0.15, -0.1) is 10.2 Å². The number of aromatic nitrogens is 5. The van der Waals surface area contributed by atoms with Crippen molar-refractivity contribution in [1.82, 2.24) is 29.2 Å². The van der Waals surface area contributed by atoms with Crippen LogP contribution in [0.2, 0.25) is 0 Å². The molecule has 0 bridgehead atoms. The Labute approximate surface area is 189 Å². The summed E-state index contributed by atoms with van der Waals surface area (Å²) in [5, 5.41) is 8.80. The van der Waals surface area contributed by atoms with Gasteiger partial charge in [-0.3, -0.25) is 9.13 Å². The molecule has 0 unspecified atom stereocenters. The maximum absolute atomic E-state index is 13.8. The van der Waals surface area contributed by atoms with E-state index in [1.165, 1.54) is 24.5 Å². The molecule has 0 spiro atoms. The first-order valence-electron chi connectivity index (χ1n) is 10.8. The number of rotatable bonds is 4. The normalized spacial score (nSPS) is 22.1. The lowest BCUT2D eigenvalue weighted by atomic mass is 9.89. The van der Waals surface area contributed by atoms with Gasteiger partial charge in [0.05, 0.1) is 0 Å². The highest BCUT2D eigenvalue weighted by atomic mass is 19.1. The SMILES string of the molecule is C=C(/N=C1\C(=C/N)n2c(C)nnc2[C@]2(CC)CCCN12)n1ccnc1-c1cc(F)cc(F)c1. The van der Waals surface area contributed by atoms with Crippen molar-refractivity contribution in [3.05, 3.63) is 66.7 Å². The fourth-order valence-electron chi connectivity index (χ4n) is 4.99. The molecule has 4 heterocycles. The van der Waals surface area contributed by atoms with Crippen LogP contribution in [0.1, 0.15) is 37.8 Å². The van der Waals surface area contributed by atoms with E-state index in [9.17, 15) is 8.78 Å². The van der Waals surface area contributed by atoms with Gasteiger partial charge in [0.25, 0.3) is 0 Å². The molecule has 33 heavy (non-hydrogen) atoms. The number of aryl methyl sites for hydroxylation is 1. The third-order valence-electron chi connectivity index (χ3n) is 6.47. The minimum Gasteiger partial charge on any atom is -0.403 e. The number of nitrogens with two attached hydrogens (primary N) is 1. The van der Waals surface area contributed by atoms with Gasteiger partial charge in [0, 0.05) is 36.8 Å². The van der Waals surface area contributed by atoms with Crippen molar-refractivity contribution in [2.45, 2.75) is 38.6 Å². The predicted octanol–water partition coefficient (Wildman–Crippen LogP) is 3.73. The van der Waals surface area contributed by atoms with Gasteiger partial charge in [-0.05, 0) is 38.3 Å². The molecule has 1 atom stereocenters. The lowest BCUT2D eigenvalue weighted by molar-refractivity contribution is 0.199. The Balaban J connectivity index is 1.64. The van der Waals surface area contributed by atoms with Crippen molar-refractivity contribution in [3.8, 4) is 11.4 Å². The zero-order valence-electron chi connectivity index (χ0n) is 18.5. The summed E-state index contributed by atoms with van der Waals surface area (Å²) in [7, 11) is 0. The van der Waals surface area contributed by atoms with Gasteiger partial charge in [-0.1, -0.05) is 13.5 Å². The summed E-state index contributed by atoms with van der Waals surface area (Å²) in [6, 6.07) is 3.27. The van der Waals surface area contributed by atoms with Crippen LogP contribution in [-0.4, -0.2) is 41.6 Å². The average Bonchev–Trinajstić information content (AvgIpc) is 3.52. The fourth-order valence-corrected chi connectivity index (χ4v) is 4.99. The smallest absolute Gasteiger partial charge is 0.163 e. The summed E-state index contributed by atoms with van der Waals surface area (Å²) < 4.78 is 31.2. The van der Waals surface area contributed by atoms with Crippen LogP contribution < -0.4 is 5.73 Å². The van der Waals surface area contributed by atoms with E-state index in [1.54, 1.807) is 10.8 Å². The zero-order valence-corrected chi connectivity index (χ0v) is 18.5. The largest absolute Gasteiger partial charge is 0.403 e. The summed E-state index contributed by atoms with van der Waals surface area (Å²) in [5.41, 5.74) is 6.69. The fraction of sp³-hybridized carbons (Fsp3) is 0.304. The highest BCUT2D eigenvalue weighted by Gasteiger charge is 2.51. The van der Waals surface area contributed by atoms with Crippen LogP contribution in [-0.2, 0) is 5.54 Å². The van der Waals surface area contributed by atoms with E-state index in [1.807, 2.05) is 11.5 Å². The lowest BCUT2D eigenvalue weighted by Crippen LogP contribution is -2.51. The summed E-state index contributed by atoms with van der Waals surface area (Å²) in [6.45, 7) is 8.93. The lowest BCUT2D eigenvalue weighted by Gasteiger charge is -2.44. The monoisotopic (exact) mass is 450 g/mol. The zero-order chi connectivity index (χ0) is 23.3. The molecule has 1 fully saturated rings. The minimum absolute atomic E-state index is 0.290. The van der Waals surface area contributed by atoms with Crippen molar-refractivity contribution in [2.24, 2.45) is 10.7 Å². The van der Waals surface area contributed by atoms with E-state index in [0.717, 1.165) is 43.5 Å². The van der Waals surface area contributed by atoms with Crippen molar-refractivity contribution >= 4 is 17.4 Å². The van der Waals surface area contributed by atoms with E-state index in [-0.39, 0.29) is 11.1 Å². The van der Waals surface area contributed by atoms with Gasteiger partial charge >= 0.3 is 0 Å². The molecular formula is C23H24F2N8. The predicted molar refractivity (Wildman–Crippen MR) is 121 cm³/mol. The van der Waals surface area contributed by atoms with Crippen molar-refractivity contribution in [3.63, 3.8) is 0 Å². The topological polar surface area (TPSA) is 90.1 Å². The molecule has 2 aliphatic rings. The molecular weight excluding hydrogens is 426 g/mol. The molecule has 0 amide bonds. The Morgan fingerprint density at radius 1 is 1.27 bits per heavy atom. The molecule has 2 aromatic heterocycles. The number of hydrogen-bond donors (Lipinski definition) is 1. The number of fused-ring (bicyclic) bond motifs is 3. The molecule has 5 rings (SSSR count). The number of hydrogen-bond acceptors (Lipinski definition) is 5. The number of benzene rings is 1. The second kappa shape index (κ2) is 7.65. The van der Waals surface area contributed by atoms with Crippen molar-refractivity contribution < 1.29 is 8.78 Å². The van der Waals surface area contributed by atoms with Crippen molar-refractivity contribution in [1.29, 1.82) is 0 Å². The van der Waals surface area contributed by atoms with Crippen LogP contribution in [0.3, 0.4) is 0 Å². The quantitative estimate of drug-likeness (QED) is 0.654. The average molecular weight is 450 g/mol. The Bertz CT molecular complexity index is 1300. The Morgan fingerprint density at radius 2 is 2.03 bits per heavy atom. The third-order valence-corrected chi connectivity index (χ3v) is 6.47. The molecule has 2 N–H and O–H groups in total. The van der Waals surface area contributed by atoms with E-state index in [0.29, 0.717) is 23.2 Å². The van der Waals surface area contributed by atoms with Crippen molar-refractivity contribution in [2.75, 3.05) is 6.54 Å². The van der Waals surface area contributed by atoms with Gasteiger partial charge < -0.3 is 10.6 Å². The third kappa shape index (κ3) is 3.08. The number of nitrogens with zero attached hydrogens (tertiary/aromatic N) is 7. The first kappa shape index (κ1) is 21.0. The second-order valence-electron chi connectivity index (χ2n) is 8.23. The standard InChI is InChI=1S/C23H24F2N8/c1-4-23-6-5-8-32(23)21(19(13-26)33-15(3)29-30-22(23)33)28-14(2)31-9-7-27-20(31)16-10-17(24)12-18(25)11-16/h7,9-13H,2,4-6,8,26H2,1,3H3/b19-13+,28-21+/t23-/m0/s1. The van der Waals surface area contributed by atoms with E-state index in [4.69, 9.17) is 10.7 Å². The molecule has 1 saturated heterocycles. The highest BCUT2D eigenvalue weighted by molar-refractivity contribution is 6.19. The van der Waals surface area contributed by atoms with E-state index in [2.05, 4.69) is 33.6 Å². The molecule has 0 saturated carbocycles. The second-order valence-corrected chi connectivity index (χ2v) is 8.23. The molecule has 170 valence electrons. The molecule has 2 aliphatic heterocycles. The summed E-state index contributed by atoms with van der Waals surface area (Å²) >= 11 is 0. The van der Waals surface area contributed by atoms with Crippen LogP contribution in [0.25, 0.3) is 22.9 Å². The molecule has 8 nitrogen and oxygen atoms in total. The van der Waals surface area contributed by atoms with E-state index >= 15 is 0 Å². The van der Waals surface area contributed by atoms with Crippen LogP contribution in [0, 0.1) is 18.6 Å². The summed E-state index contributed by atoms with van der Waals surface area (Å²) in [6.07, 6.45) is 7.42.